The molecule has 1 fully saturated rings. The van der Waals surface area contributed by atoms with E-state index in [1.807, 2.05) is 17.8 Å². The van der Waals surface area contributed by atoms with Gasteiger partial charge < -0.3 is 5.32 Å². The van der Waals surface area contributed by atoms with Gasteiger partial charge in [-0.15, -0.1) is 12.4 Å². The first kappa shape index (κ1) is 18.4. The summed E-state index contributed by atoms with van der Waals surface area (Å²) in [5.41, 5.74) is 1.57. The average molecular weight is 355 g/mol. The van der Waals surface area contributed by atoms with Crippen LogP contribution in [0.3, 0.4) is 0 Å². The van der Waals surface area contributed by atoms with Crippen LogP contribution in [-0.2, 0) is 5.41 Å². The third kappa shape index (κ3) is 3.78. The zero-order chi connectivity index (χ0) is 13.9. The van der Waals surface area contributed by atoms with Crippen molar-refractivity contribution in [2.45, 2.75) is 37.6 Å². The third-order valence-corrected chi connectivity index (χ3v) is 5.68. The van der Waals surface area contributed by atoms with E-state index < -0.39 is 0 Å². The van der Waals surface area contributed by atoms with E-state index in [0.717, 1.165) is 12.3 Å². The minimum absolute atomic E-state index is 0. The molecule has 1 saturated carbocycles. The van der Waals surface area contributed by atoms with Crippen molar-refractivity contribution >= 4 is 47.4 Å². The average Bonchev–Trinajstić information content (AvgIpc) is 2.32. The fourth-order valence-electron chi connectivity index (χ4n) is 2.91. The molecule has 1 N–H and O–H groups in total. The Bertz CT molecular complexity index is 435. The molecule has 0 saturated heterocycles. The number of halogens is 3. The van der Waals surface area contributed by atoms with Crippen molar-refractivity contribution in [1.29, 1.82) is 0 Å². The molecule has 1 atom stereocenters. The lowest BCUT2D eigenvalue weighted by molar-refractivity contribution is 0.181. The number of nitrogens with one attached hydrogen (secondary N) is 1. The largest absolute Gasteiger partial charge is 0.313 e. The van der Waals surface area contributed by atoms with Crippen LogP contribution < -0.4 is 5.32 Å². The molecule has 1 aromatic carbocycles. The van der Waals surface area contributed by atoms with Crippen LogP contribution in [0.15, 0.2) is 18.2 Å². The molecular weight excluding hydrogens is 333 g/mol. The van der Waals surface area contributed by atoms with Crippen LogP contribution in [0.2, 0.25) is 10.0 Å². The quantitative estimate of drug-likeness (QED) is 0.707. The maximum absolute atomic E-state index is 6.18. The summed E-state index contributed by atoms with van der Waals surface area (Å²) in [6.07, 6.45) is 5.91. The van der Waals surface area contributed by atoms with Crippen LogP contribution >= 0.6 is 47.4 Å². The molecule has 5 heteroatoms. The number of rotatable bonds is 6. The van der Waals surface area contributed by atoms with Crippen LogP contribution in [0.1, 0.15) is 31.7 Å². The Balaban J connectivity index is 0.00000200. The molecular formula is C15H22Cl3NS. The molecule has 0 spiro atoms. The zero-order valence-corrected chi connectivity index (χ0v) is 15.1. The molecule has 1 aliphatic carbocycles. The molecule has 0 aliphatic heterocycles. The van der Waals surface area contributed by atoms with Gasteiger partial charge in [0.05, 0.1) is 10.0 Å². The summed E-state index contributed by atoms with van der Waals surface area (Å²) >= 11 is 14.1. The van der Waals surface area contributed by atoms with Gasteiger partial charge >= 0.3 is 0 Å². The van der Waals surface area contributed by atoms with Crippen LogP contribution in [0.4, 0.5) is 0 Å². The molecule has 1 unspecified atom stereocenters. The van der Waals surface area contributed by atoms with Gasteiger partial charge in [-0.05, 0) is 43.7 Å². The van der Waals surface area contributed by atoms with E-state index >= 15 is 0 Å². The summed E-state index contributed by atoms with van der Waals surface area (Å²) in [4.78, 5) is 0. The Labute approximate surface area is 142 Å². The van der Waals surface area contributed by atoms with Gasteiger partial charge in [0.25, 0.3) is 0 Å². The first-order valence-corrected chi connectivity index (χ1v) is 8.93. The topological polar surface area (TPSA) is 12.0 Å². The molecule has 114 valence electrons. The lowest BCUT2D eigenvalue weighted by atomic mass is 9.60. The second-order valence-corrected chi connectivity index (χ2v) is 7.11. The van der Waals surface area contributed by atoms with Crippen LogP contribution in [0.5, 0.6) is 0 Å². The molecule has 0 aromatic heterocycles. The Kier molecular flexibility index (Phi) is 7.51. The van der Waals surface area contributed by atoms with E-state index in [2.05, 4.69) is 30.6 Å². The van der Waals surface area contributed by atoms with Gasteiger partial charge in [0.2, 0.25) is 0 Å². The summed E-state index contributed by atoms with van der Waals surface area (Å²) < 4.78 is 0. The molecule has 1 aromatic rings. The van der Waals surface area contributed by atoms with Gasteiger partial charge in [-0.1, -0.05) is 35.7 Å². The van der Waals surface area contributed by atoms with Gasteiger partial charge in [0.15, 0.2) is 0 Å². The lowest BCUT2D eigenvalue weighted by Gasteiger charge is -2.47. The predicted octanol–water partition coefficient (Wildman–Crippen LogP) is 5.18. The van der Waals surface area contributed by atoms with E-state index in [0.29, 0.717) is 16.1 Å². The summed E-state index contributed by atoms with van der Waals surface area (Å²) in [5.74, 6) is 1.15. The van der Waals surface area contributed by atoms with Gasteiger partial charge in [-0.3, -0.25) is 0 Å². The molecule has 0 bridgehead atoms. The highest BCUT2D eigenvalue weighted by molar-refractivity contribution is 7.98. The molecule has 1 nitrogen and oxygen atoms in total. The van der Waals surface area contributed by atoms with Gasteiger partial charge in [-0.2, -0.15) is 11.8 Å². The van der Waals surface area contributed by atoms with Crippen molar-refractivity contribution in [2.24, 2.45) is 0 Å². The number of benzene rings is 1. The fraction of sp³-hybridized carbons (Fsp3) is 0.600. The van der Waals surface area contributed by atoms with Crippen molar-refractivity contribution in [2.75, 3.05) is 18.6 Å². The maximum atomic E-state index is 6.18. The van der Waals surface area contributed by atoms with Crippen molar-refractivity contribution in [3.63, 3.8) is 0 Å². The Morgan fingerprint density at radius 3 is 2.50 bits per heavy atom. The van der Waals surface area contributed by atoms with Crippen molar-refractivity contribution in [1.82, 2.24) is 5.32 Å². The summed E-state index contributed by atoms with van der Waals surface area (Å²) in [5, 5.41) is 4.97. The number of hydrogen-bond acceptors (Lipinski definition) is 2. The SMILES string of the molecule is CSCCNC(C)C1(c2ccc(Cl)c(Cl)c2)CCC1.Cl. The van der Waals surface area contributed by atoms with Gasteiger partial charge in [0, 0.05) is 23.8 Å². The van der Waals surface area contributed by atoms with E-state index in [1.54, 1.807) is 0 Å². The third-order valence-electron chi connectivity index (χ3n) is 4.33. The van der Waals surface area contributed by atoms with Crippen molar-refractivity contribution in [3.05, 3.63) is 33.8 Å². The van der Waals surface area contributed by atoms with E-state index in [4.69, 9.17) is 23.2 Å². The molecule has 1 aliphatic rings. The summed E-state index contributed by atoms with van der Waals surface area (Å²) in [6, 6.07) is 6.59. The highest BCUT2D eigenvalue weighted by atomic mass is 35.5. The molecule has 0 radical (unpaired) electrons. The predicted molar refractivity (Wildman–Crippen MR) is 95.1 cm³/mol. The van der Waals surface area contributed by atoms with Gasteiger partial charge in [-0.25, -0.2) is 0 Å². The minimum Gasteiger partial charge on any atom is -0.313 e. The normalized spacial score (nSPS) is 18.0. The number of thioether (sulfide) groups is 1. The van der Waals surface area contributed by atoms with Gasteiger partial charge in [0.1, 0.15) is 0 Å². The standard InChI is InChI=1S/C15H21Cl2NS.ClH/c1-11(18-8-9-19-2)15(6-3-7-15)12-4-5-13(16)14(17)10-12;/h4-5,10-11,18H,3,6-9H2,1-2H3;1H. The second-order valence-electron chi connectivity index (χ2n) is 5.31. The molecule has 0 amide bonds. The van der Waals surface area contributed by atoms with E-state index in [9.17, 15) is 0 Å². The Hall–Kier alpha value is 0.400. The Morgan fingerprint density at radius 2 is 2.00 bits per heavy atom. The van der Waals surface area contributed by atoms with Crippen LogP contribution in [-0.4, -0.2) is 24.6 Å². The first-order chi connectivity index (χ1) is 9.10. The fourth-order valence-corrected chi connectivity index (χ4v) is 3.53. The molecule has 2 rings (SSSR count). The van der Waals surface area contributed by atoms with E-state index in [1.165, 1.54) is 24.8 Å². The van der Waals surface area contributed by atoms with Crippen molar-refractivity contribution in [3.8, 4) is 0 Å². The molecule has 20 heavy (non-hydrogen) atoms. The number of hydrogen-bond donors (Lipinski definition) is 1. The monoisotopic (exact) mass is 353 g/mol. The van der Waals surface area contributed by atoms with Crippen molar-refractivity contribution < 1.29 is 0 Å². The lowest BCUT2D eigenvalue weighted by Crippen LogP contribution is -2.51. The smallest absolute Gasteiger partial charge is 0.0595 e. The molecule has 0 heterocycles. The van der Waals surface area contributed by atoms with Crippen LogP contribution in [0, 0.1) is 0 Å². The summed E-state index contributed by atoms with van der Waals surface area (Å²) in [7, 11) is 0. The summed E-state index contributed by atoms with van der Waals surface area (Å²) in [6.45, 7) is 3.35. The maximum Gasteiger partial charge on any atom is 0.0595 e. The van der Waals surface area contributed by atoms with Crippen LogP contribution in [0.25, 0.3) is 0 Å². The Morgan fingerprint density at radius 1 is 1.30 bits per heavy atom. The van der Waals surface area contributed by atoms with E-state index in [-0.39, 0.29) is 17.8 Å². The highest BCUT2D eigenvalue weighted by Gasteiger charge is 2.43. The second kappa shape index (κ2) is 8.14. The highest BCUT2D eigenvalue weighted by Crippen LogP contribution is 2.47. The zero-order valence-electron chi connectivity index (χ0n) is 11.9. The first-order valence-electron chi connectivity index (χ1n) is 6.78. The minimum atomic E-state index is 0.